The number of allylic oxidation sites excluding steroid dienone is 1. The summed E-state index contributed by atoms with van der Waals surface area (Å²) < 4.78 is 1.08. The van der Waals surface area contributed by atoms with Crippen molar-refractivity contribution in [3.63, 3.8) is 0 Å². The molecule has 1 saturated heterocycles. The third kappa shape index (κ3) is 3.26. The van der Waals surface area contributed by atoms with Crippen LogP contribution in [0.5, 0.6) is 0 Å². The van der Waals surface area contributed by atoms with Gasteiger partial charge in [-0.05, 0) is 36.1 Å². The topological polar surface area (TPSA) is 32.7 Å². The van der Waals surface area contributed by atoms with Gasteiger partial charge in [0.05, 0.1) is 6.54 Å². The number of nitrogens with zero attached hydrogens (tertiary/aromatic N) is 2. The van der Waals surface area contributed by atoms with Crippen molar-refractivity contribution in [3.8, 4) is 0 Å². The fraction of sp³-hybridized carbons (Fsp3) is 0.412. The van der Waals surface area contributed by atoms with Gasteiger partial charge in [0, 0.05) is 35.3 Å². The van der Waals surface area contributed by atoms with Gasteiger partial charge in [0.2, 0.25) is 5.91 Å². The maximum Gasteiger partial charge on any atom is 0.225 e. The van der Waals surface area contributed by atoms with E-state index in [0.717, 1.165) is 36.0 Å². The predicted molar refractivity (Wildman–Crippen MR) is 89.1 cm³/mol. The smallest absolute Gasteiger partial charge is 0.225 e. The lowest BCUT2D eigenvalue weighted by Crippen LogP contribution is -2.42. The number of aliphatic imine (C=N–C) groups is 1. The van der Waals surface area contributed by atoms with E-state index in [1.807, 2.05) is 30.2 Å². The standard InChI is InChI=1S/C17H19BrN2O/c1-12-3-2-8-20(17(12)21)11-16-9-14(10-19-16)13-4-6-15(18)7-5-13/h4-7,10,12H,2-3,8-9,11H2,1H3/t12-/m0/s1. The largest absolute Gasteiger partial charge is 0.337 e. The van der Waals surface area contributed by atoms with E-state index >= 15 is 0 Å². The molecular formula is C17H19BrN2O. The maximum atomic E-state index is 12.2. The first kappa shape index (κ1) is 14.5. The first-order chi connectivity index (χ1) is 10.1. The van der Waals surface area contributed by atoms with Crippen LogP contribution in [0.25, 0.3) is 5.57 Å². The monoisotopic (exact) mass is 346 g/mol. The summed E-state index contributed by atoms with van der Waals surface area (Å²) >= 11 is 3.45. The quantitative estimate of drug-likeness (QED) is 0.816. The second-order valence-electron chi connectivity index (χ2n) is 5.84. The maximum absolute atomic E-state index is 12.2. The van der Waals surface area contributed by atoms with Crippen LogP contribution in [0.2, 0.25) is 0 Å². The average molecular weight is 347 g/mol. The van der Waals surface area contributed by atoms with Crippen LogP contribution < -0.4 is 0 Å². The molecule has 1 amide bonds. The van der Waals surface area contributed by atoms with Crippen molar-refractivity contribution in [2.45, 2.75) is 26.2 Å². The van der Waals surface area contributed by atoms with Gasteiger partial charge in [-0.3, -0.25) is 9.79 Å². The normalized spacial score (nSPS) is 22.3. The van der Waals surface area contributed by atoms with Gasteiger partial charge in [0.1, 0.15) is 0 Å². The molecule has 1 atom stereocenters. The Morgan fingerprint density at radius 3 is 2.86 bits per heavy atom. The molecule has 2 aliphatic heterocycles. The fourth-order valence-corrected chi connectivity index (χ4v) is 3.19. The van der Waals surface area contributed by atoms with Crippen molar-refractivity contribution in [1.82, 2.24) is 4.90 Å². The molecular weight excluding hydrogens is 328 g/mol. The summed E-state index contributed by atoms with van der Waals surface area (Å²) in [5.41, 5.74) is 3.53. The third-order valence-electron chi connectivity index (χ3n) is 4.18. The van der Waals surface area contributed by atoms with Gasteiger partial charge in [-0.15, -0.1) is 0 Å². The van der Waals surface area contributed by atoms with E-state index in [2.05, 4.69) is 33.1 Å². The van der Waals surface area contributed by atoms with Crippen LogP contribution in [0.1, 0.15) is 31.7 Å². The van der Waals surface area contributed by atoms with E-state index in [0.29, 0.717) is 6.54 Å². The fourth-order valence-electron chi connectivity index (χ4n) is 2.93. The molecule has 0 N–H and O–H groups in total. The molecule has 2 heterocycles. The first-order valence-corrected chi connectivity index (χ1v) is 8.22. The van der Waals surface area contributed by atoms with E-state index in [4.69, 9.17) is 0 Å². The zero-order valence-corrected chi connectivity index (χ0v) is 13.8. The number of amides is 1. The van der Waals surface area contributed by atoms with Crippen molar-refractivity contribution in [2.24, 2.45) is 10.9 Å². The van der Waals surface area contributed by atoms with Gasteiger partial charge in [-0.25, -0.2) is 0 Å². The SMILES string of the molecule is C[C@H]1CCCN(CC2=NC=C(c3ccc(Br)cc3)C2)C1=O. The lowest BCUT2D eigenvalue weighted by Gasteiger charge is -2.30. The summed E-state index contributed by atoms with van der Waals surface area (Å²) in [6.45, 7) is 3.58. The zero-order chi connectivity index (χ0) is 14.8. The van der Waals surface area contributed by atoms with Crippen LogP contribution in [-0.2, 0) is 4.79 Å². The van der Waals surface area contributed by atoms with Gasteiger partial charge >= 0.3 is 0 Å². The highest BCUT2D eigenvalue weighted by Crippen LogP contribution is 2.26. The lowest BCUT2D eigenvalue weighted by molar-refractivity contribution is -0.136. The molecule has 1 fully saturated rings. The van der Waals surface area contributed by atoms with Gasteiger partial charge in [0.25, 0.3) is 0 Å². The van der Waals surface area contributed by atoms with Crippen LogP contribution in [0.4, 0.5) is 0 Å². The van der Waals surface area contributed by atoms with Crippen LogP contribution in [-0.4, -0.2) is 29.6 Å². The molecule has 0 spiro atoms. The number of likely N-dealkylation sites (tertiary alicyclic amines) is 1. The molecule has 3 nitrogen and oxygen atoms in total. The first-order valence-electron chi connectivity index (χ1n) is 7.43. The minimum absolute atomic E-state index is 0.166. The average Bonchev–Trinajstić information content (AvgIpc) is 2.93. The Kier molecular flexibility index (Phi) is 4.24. The van der Waals surface area contributed by atoms with Crippen LogP contribution >= 0.6 is 15.9 Å². The Labute approximate surface area is 133 Å². The van der Waals surface area contributed by atoms with Crippen LogP contribution in [0, 0.1) is 5.92 Å². The molecule has 0 radical (unpaired) electrons. The number of carbonyl (C=O) groups is 1. The van der Waals surface area contributed by atoms with Gasteiger partial charge in [0.15, 0.2) is 0 Å². The second kappa shape index (κ2) is 6.14. The number of halogens is 1. The molecule has 0 saturated carbocycles. The molecule has 4 heteroatoms. The van der Waals surface area contributed by atoms with Crippen molar-refractivity contribution in [1.29, 1.82) is 0 Å². The molecule has 0 aliphatic carbocycles. The highest BCUT2D eigenvalue weighted by molar-refractivity contribution is 9.10. The third-order valence-corrected chi connectivity index (χ3v) is 4.71. The zero-order valence-electron chi connectivity index (χ0n) is 12.2. The lowest BCUT2D eigenvalue weighted by atomic mass is 9.98. The Balaban J connectivity index is 1.61. The summed E-state index contributed by atoms with van der Waals surface area (Å²) in [5, 5.41) is 0. The van der Waals surface area contributed by atoms with Gasteiger partial charge in [-0.2, -0.15) is 0 Å². The summed E-state index contributed by atoms with van der Waals surface area (Å²) in [5.74, 6) is 0.445. The minimum atomic E-state index is 0.166. The van der Waals surface area contributed by atoms with E-state index in [1.54, 1.807) is 0 Å². The Bertz CT molecular complexity index is 604. The Morgan fingerprint density at radius 2 is 2.10 bits per heavy atom. The summed E-state index contributed by atoms with van der Waals surface area (Å²) in [4.78, 5) is 18.6. The number of hydrogen-bond donors (Lipinski definition) is 0. The number of benzene rings is 1. The summed E-state index contributed by atoms with van der Waals surface area (Å²) in [6, 6.07) is 8.29. The van der Waals surface area contributed by atoms with Crippen molar-refractivity contribution >= 4 is 33.1 Å². The number of hydrogen-bond acceptors (Lipinski definition) is 2. The Hall–Kier alpha value is -1.42. The van der Waals surface area contributed by atoms with Crippen LogP contribution in [0.3, 0.4) is 0 Å². The molecule has 0 bridgehead atoms. The van der Waals surface area contributed by atoms with Crippen molar-refractivity contribution in [2.75, 3.05) is 13.1 Å². The Morgan fingerprint density at radius 1 is 1.33 bits per heavy atom. The van der Waals surface area contributed by atoms with Gasteiger partial charge < -0.3 is 4.90 Å². The second-order valence-corrected chi connectivity index (χ2v) is 6.75. The highest BCUT2D eigenvalue weighted by atomic mass is 79.9. The molecule has 0 unspecified atom stereocenters. The van der Waals surface area contributed by atoms with E-state index in [9.17, 15) is 4.79 Å². The van der Waals surface area contributed by atoms with Gasteiger partial charge in [-0.1, -0.05) is 35.0 Å². The number of carbonyl (C=O) groups excluding carboxylic acids is 1. The minimum Gasteiger partial charge on any atom is -0.337 e. The van der Waals surface area contributed by atoms with E-state index in [-0.39, 0.29) is 11.8 Å². The molecule has 110 valence electrons. The van der Waals surface area contributed by atoms with Crippen molar-refractivity contribution < 1.29 is 4.79 Å². The molecule has 0 aromatic heterocycles. The number of piperidine rings is 1. The van der Waals surface area contributed by atoms with Crippen molar-refractivity contribution in [3.05, 3.63) is 40.5 Å². The molecule has 2 aliphatic rings. The molecule has 1 aromatic rings. The van der Waals surface area contributed by atoms with Crippen LogP contribution in [0.15, 0.2) is 39.9 Å². The summed E-state index contributed by atoms with van der Waals surface area (Å²) in [6.07, 6.45) is 4.91. The molecule has 1 aromatic carbocycles. The van der Waals surface area contributed by atoms with E-state index in [1.165, 1.54) is 11.1 Å². The van der Waals surface area contributed by atoms with E-state index < -0.39 is 0 Å². The number of rotatable bonds is 3. The molecule has 21 heavy (non-hydrogen) atoms. The highest BCUT2D eigenvalue weighted by Gasteiger charge is 2.26. The predicted octanol–water partition coefficient (Wildman–Crippen LogP) is 3.89. The summed E-state index contributed by atoms with van der Waals surface area (Å²) in [7, 11) is 0. The molecule has 3 rings (SSSR count).